The first-order valence-electron chi connectivity index (χ1n) is 9.97. The summed E-state index contributed by atoms with van der Waals surface area (Å²) < 4.78 is 35.6. The molecule has 0 bridgehead atoms. The fraction of sp³-hybridized carbons (Fsp3) is 0.591. The topological polar surface area (TPSA) is 40.0 Å². The second-order valence-corrected chi connectivity index (χ2v) is 6.87. The van der Waals surface area contributed by atoms with Crippen LogP contribution >= 0.6 is 0 Å². The second-order valence-electron chi connectivity index (χ2n) is 6.87. The van der Waals surface area contributed by atoms with E-state index >= 15 is 0 Å². The minimum Gasteiger partial charge on any atom is -0.493 e. The lowest BCUT2D eigenvalue weighted by Gasteiger charge is -2.15. The van der Waals surface area contributed by atoms with Gasteiger partial charge in [-0.1, -0.05) is 24.9 Å². The Balaban J connectivity index is 2.33. The number of nitrogens with zero attached hydrogens (tertiary/aromatic N) is 1. The van der Waals surface area contributed by atoms with Crippen LogP contribution in [-0.4, -0.2) is 25.5 Å². The Morgan fingerprint density at radius 3 is 2.32 bits per heavy atom. The third-order valence-corrected chi connectivity index (χ3v) is 4.07. The van der Waals surface area contributed by atoms with E-state index in [-0.39, 0.29) is 6.61 Å². The molecule has 4 nitrogen and oxygen atoms in total. The molecule has 158 valence electrons. The average Bonchev–Trinajstić information content (AvgIpc) is 2.63. The van der Waals surface area contributed by atoms with E-state index in [1.807, 2.05) is 39.8 Å². The van der Waals surface area contributed by atoms with Crippen LogP contribution in [0.5, 0.6) is 11.5 Å². The molecule has 1 aromatic rings. The van der Waals surface area contributed by atoms with Gasteiger partial charge in [0.1, 0.15) is 24.7 Å². The number of oxime groups is 1. The molecule has 1 rings (SSSR count). The highest BCUT2D eigenvalue weighted by atomic mass is 19.3. The van der Waals surface area contributed by atoms with Gasteiger partial charge in [-0.2, -0.15) is 8.78 Å². The van der Waals surface area contributed by atoms with Crippen molar-refractivity contribution in [1.82, 2.24) is 0 Å². The van der Waals surface area contributed by atoms with Crippen molar-refractivity contribution in [3.63, 3.8) is 0 Å². The Kier molecular flexibility index (Phi) is 11.9. The van der Waals surface area contributed by atoms with Gasteiger partial charge in [-0.15, -0.1) is 0 Å². The molecule has 0 radical (unpaired) electrons. The summed E-state index contributed by atoms with van der Waals surface area (Å²) in [5.74, 6) is 1.47. The molecule has 0 saturated carbocycles. The number of hydrogen-bond donors (Lipinski definition) is 0. The molecule has 0 atom stereocenters. The average molecular weight is 398 g/mol. The summed E-state index contributed by atoms with van der Waals surface area (Å²) in [5.41, 5.74) is 2.93. The SMILES string of the molecule is CCc1cc(OCC=C(F)F)cc(C)c1OCCCCCCCON=C(C)C. The highest BCUT2D eigenvalue weighted by molar-refractivity contribution is 5.78. The molecule has 0 N–H and O–H groups in total. The molecular formula is C22H33F2NO3. The third kappa shape index (κ3) is 10.3. The number of benzene rings is 1. The molecule has 0 fully saturated rings. The predicted molar refractivity (Wildman–Crippen MR) is 110 cm³/mol. The lowest BCUT2D eigenvalue weighted by Crippen LogP contribution is -2.03. The Morgan fingerprint density at radius 1 is 1.00 bits per heavy atom. The molecule has 28 heavy (non-hydrogen) atoms. The first kappa shape index (κ1) is 23.9. The molecule has 6 heteroatoms. The minimum absolute atomic E-state index is 0.138. The number of ether oxygens (including phenoxy) is 2. The van der Waals surface area contributed by atoms with Gasteiger partial charge < -0.3 is 14.3 Å². The Labute approximate surface area is 167 Å². The van der Waals surface area contributed by atoms with Crippen LogP contribution in [0.1, 0.15) is 64.0 Å². The molecule has 0 aliphatic rings. The second kappa shape index (κ2) is 14.0. The van der Waals surface area contributed by atoms with Gasteiger partial charge in [-0.05, 0) is 69.7 Å². The van der Waals surface area contributed by atoms with Gasteiger partial charge in [0.15, 0.2) is 0 Å². The Morgan fingerprint density at radius 2 is 1.68 bits per heavy atom. The molecule has 0 aliphatic carbocycles. The monoisotopic (exact) mass is 397 g/mol. The summed E-state index contributed by atoms with van der Waals surface area (Å²) >= 11 is 0. The van der Waals surface area contributed by atoms with E-state index in [1.165, 1.54) is 0 Å². The minimum atomic E-state index is -1.73. The van der Waals surface area contributed by atoms with Crippen molar-refractivity contribution in [3.8, 4) is 11.5 Å². The first-order valence-corrected chi connectivity index (χ1v) is 9.97. The molecular weight excluding hydrogens is 364 g/mol. The van der Waals surface area contributed by atoms with E-state index in [0.717, 1.165) is 67.2 Å². The summed E-state index contributed by atoms with van der Waals surface area (Å²) in [6.07, 6.45) is 5.21. The van der Waals surface area contributed by atoms with E-state index in [2.05, 4.69) is 5.16 Å². The summed E-state index contributed by atoms with van der Waals surface area (Å²) in [4.78, 5) is 5.18. The molecule has 0 spiro atoms. The predicted octanol–water partition coefficient (Wildman–Crippen LogP) is 6.46. The van der Waals surface area contributed by atoms with Gasteiger partial charge in [0, 0.05) is 6.08 Å². The van der Waals surface area contributed by atoms with Crippen LogP contribution in [-0.2, 0) is 11.3 Å². The molecule has 1 aromatic carbocycles. The van der Waals surface area contributed by atoms with Crippen molar-refractivity contribution in [2.24, 2.45) is 5.16 Å². The molecule has 0 aromatic heterocycles. The summed E-state index contributed by atoms with van der Waals surface area (Å²) in [7, 11) is 0. The van der Waals surface area contributed by atoms with Crippen LogP contribution in [0.25, 0.3) is 0 Å². The van der Waals surface area contributed by atoms with Gasteiger partial charge in [0.25, 0.3) is 6.08 Å². The lowest BCUT2D eigenvalue weighted by molar-refractivity contribution is 0.139. The Bertz CT molecular complexity index is 637. The van der Waals surface area contributed by atoms with Crippen LogP contribution in [0.3, 0.4) is 0 Å². The molecule has 0 aliphatic heterocycles. The maximum Gasteiger partial charge on any atom is 0.269 e. The van der Waals surface area contributed by atoms with E-state index in [1.54, 1.807) is 0 Å². The van der Waals surface area contributed by atoms with E-state index in [4.69, 9.17) is 14.3 Å². The van der Waals surface area contributed by atoms with Crippen molar-refractivity contribution in [2.45, 2.75) is 66.2 Å². The number of hydrogen-bond acceptors (Lipinski definition) is 4. The van der Waals surface area contributed by atoms with Gasteiger partial charge in [0.05, 0.1) is 12.3 Å². The fourth-order valence-electron chi connectivity index (χ4n) is 2.71. The Hall–Kier alpha value is -2.11. The highest BCUT2D eigenvalue weighted by Crippen LogP contribution is 2.30. The van der Waals surface area contributed by atoms with Crippen LogP contribution in [0.15, 0.2) is 29.4 Å². The van der Waals surface area contributed by atoms with Gasteiger partial charge >= 0.3 is 0 Å². The summed E-state index contributed by atoms with van der Waals surface area (Å²) in [6, 6.07) is 3.70. The zero-order chi connectivity index (χ0) is 20.8. The van der Waals surface area contributed by atoms with Crippen molar-refractivity contribution < 1.29 is 23.1 Å². The van der Waals surface area contributed by atoms with Crippen LogP contribution in [0.4, 0.5) is 8.78 Å². The normalized spacial score (nSPS) is 10.4. The van der Waals surface area contributed by atoms with Crippen molar-refractivity contribution in [1.29, 1.82) is 0 Å². The van der Waals surface area contributed by atoms with Gasteiger partial charge in [-0.3, -0.25) is 0 Å². The third-order valence-electron chi connectivity index (χ3n) is 4.07. The molecule has 0 amide bonds. The van der Waals surface area contributed by atoms with Crippen molar-refractivity contribution in [2.75, 3.05) is 19.8 Å². The van der Waals surface area contributed by atoms with E-state index in [0.29, 0.717) is 19.0 Å². The number of rotatable bonds is 14. The maximum atomic E-state index is 12.1. The fourth-order valence-corrected chi connectivity index (χ4v) is 2.71. The van der Waals surface area contributed by atoms with Crippen molar-refractivity contribution >= 4 is 5.71 Å². The van der Waals surface area contributed by atoms with Gasteiger partial charge in [-0.25, -0.2) is 0 Å². The molecule has 0 saturated heterocycles. The first-order chi connectivity index (χ1) is 13.4. The van der Waals surface area contributed by atoms with Crippen LogP contribution < -0.4 is 9.47 Å². The molecule has 0 heterocycles. The van der Waals surface area contributed by atoms with Crippen LogP contribution in [0.2, 0.25) is 0 Å². The van der Waals surface area contributed by atoms with Crippen LogP contribution in [0, 0.1) is 6.92 Å². The lowest BCUT2D eigenvalue weighted by atomic mass is 10.1. The summed E-state index contributed by atoms with van der Waals surface area (Å²) in [6.45, 7) is 9.02. The zero-order valence-corrected chi connectivity index (χ0v) is 17.5. The zero-order valence-electron chi connectivity index (χ0n) is 17.5. The number of aryl methyl sites for hydroxylation is 2. The quantitative estimate of drug-likeness (QED) is 0.205. The standard InChI is InChI=1S/C22H33F2NO3/c1-5-19-16-20(26-14-11-21(23)24)15-18(4)22(19)27-12-9-7-6-8-10-13-28-25-17(2)3/h11,15-16H,5-10,12-14H2,1-4H3. The number of halogens is 2. The maximum absolute atomic E-state index is 12.1. The van der Waals surface area contributed by atoms with Gasteiger partial charge in [0.2, 0.25) is 0 Å². The van der Waals surface area contributed by atoms with E-state index < -0.39 is 6.08 Å². The number of unbranched alkanes of at least 4 members (excludes halogenated alkanes) is 4. The highest BCUT2D eigenvalue weighted by Gasteiger charge is 2.09. The van der Waals surface area contributed by atoms with Crippen molar-refractivity contribution in [3.05, 3.63) is 35.4 Å². The largest absolute Gasteiger partial charge is 0.493 e. The summed E-state index contributed by atoms with van der Waals surface area (Å²) in [5, 5.41) is 3.91. The smallest absolute Gasteiger partial charge is 0.269 e. The van der Waals surface area contributed by atoms with E-state index in [9.17, 15) is 8.78 Å². The molecule has 0 unspecified atom stereocenters.